The van der Waals surface area contributed by atoms with Gasteiger partial charge < -0.3 is 10.2 Å². The smallest absolute Gasteiger partial charge is 0.246 e. The molecule has 2 aromatic carbocycles. The average Bonchev–Trinajstić information content (AvgIpc) is 2.71. The quantitative estimate of drug-likeness (QED) is 0.461. The number of rotatable bonds is 4. The van der Waals surface area contributed by atoms with Crippen LogP contribution in [0.4, 0.5) is 15.9 Å². The largest absolute Gasteiger partial charge is 0.337 e. The van der Waals surface area contributed by atoms with Crippen LogP contribution in [-0.4, -0.2) is 33.9 Å². The van der Waals surface area contributed by atoms with Crippen molar-refractivity contribution in [2.75, 3.05) is 18.4 Å². The molecule has 3 aromatic rings. The third-order valence-corrected chi connectivity index (χ3v) is 5.97. The molecular formula is C21H17Cl2FN4O. The lowest BCUT2D eigenvalue weighted by molar-refractivity contribution is -0.133. The minimum absolute atomic E-state index is 0.0796. The van der Waals surface area contributed by atoms with Gasteiger partial charge in [-0.1, -0.05) is 42.8 Å². The van der Waals surface area contributed by atoms with E-state index in [0.29, 0.717) is 24.4 Å². The van der Waals surface area contributed by atoms with E-state index in [1.807, 2.05) is 18.2 Å². The maximum absolute atomic E-state index is 14.5. The second kappa shape index (κ2) is 7.28. The molecule has 0 saturated carbocycles. The Labute approximate surface area is 177 Å². The molecule has 0 spiro atoms. The van der Waals surface area contributed by atoms with Gasteiger partial charge in [0.15, 0.2) is 5.82 Å². The Morgan fingerprint density at radius 3 is 2.76 bits per heavy atom. The molecule has 5 nitrogen and oxygen atoms in total. The zero-order valence-electron chi connectivity index (χ0n) is 15.5. The van der Waals surface area contributed by atoms with E-state index in [-0.39, 0.29) is 27.1 Å². The summed E-state index contributed by atoms with van der Waals surface area (Å²) < 4.78 is 14.5. The molecule has 1 fully saturated rings. The van der Waals surface area contributed by atoms with Crippen molar-refractivity contribution in [3.63, 3.8) is 0 Å². The highest BCUT2D eigenvalue weighted by molar-refractivity contribution is 6.42. The van der Waals surface area contributed by atoms with Gasteiger partial charge in [0.05, 0.1) is 21.2 Å². The average molecular weight is 431 g/mol. The molecule has 148 valence electrons. The van der Waals surface area contributed by atoms with Gasteiger partial charge in [-0.15, -0.1) is 0 Å². The summed E-state index contributed by atoms with van der Waals surface area (Å²) in [7, 11) is 0. The van der Waals surface area contributed by atoms with Gasteiger partial charge in [0.1, 0.15) is 12.1 Å². The normalized spacial score (nSPS) is 15.1. The van der Waals surface area contributed by atoms with Gasteiger partial charge in [0, 0.05) is 23.9 Å². The monoisotopic (exact) mass is 430 g/mol. The summed E-state index contributed by atoms with van der Waals surface area (Å²) in [6.45, 7) is 6.82. The van der Waals surface area contributed by atoms with Crippen molar-refractivity contribution in [1.82, 2.24) is 14.9 Å². The Kier molecular flexibility index (Phi) is 4.92. The number of likely N-dealkylation sites (tertiary alicyclic amines) is 1. The third kappa shape index (κ3) is 3.43. The summed E-state index contributed by atoms with van der Waals surface area (Å²) in [5.74, 6) is -0.272. The third-order valence-electron chi connectivity index (χ3n) is 5.19. The van der Waals surface area contributed by atoms with E-state index in [9.17, 15) is 9.18 Å². The van der Waals surface area contributed by atoms with Crippen LogP contribution in [0.25, 0.3) is 10.9 Å². The number of nitrogens with zero attached hydrogens (tertiary/aromatic N) is 3. The van der Waals surface area contributed by atoms with Crippen LogP contribution in [0.5, 0.6) is 0 Å². The number of carbonyl (C=O) groups is 1. The molecule has 2 heterocycles. The molecule has 0 aliphatic carbocycles. The van der Waals surface area contributed by atoms with Crippen molar-refractivity contribution in [1.29, 1.82) is 0 Å². The summed E-state index contributed by atoms with van der Waals surface area (Å²) in [5.41, 5.74) is 1.75. The molecule has 8 heteroatoms. The highest BCUT2D eigenvalue weighted by Crippen LogP contribution is 2.37. The number of benzene rings is 2. The predicted molar refractivity (Wildman–Crippen MR) is 113 cm³/mol. The minimum Gasteiger partial charge on any atom is -0.337 e. The number of carbonyl (C=O) groups excluding carboxylic acids is 1. The molecule has 29 heavy (non-hydrogen) atoms. The van der Waals surface area contributed by atoms with Gasteiger partial charge in [-0.3, -0.25) is 4.79 Å². The molecule has 0 bridgehead atoms. The van der Waals surface area contributed by atoms with E-state index in [0.717, 1.165) is 10.9 Å². The molecule has 0 unspecified atom stereocenters. The molecule has 4 rings (SSSR count). The van der Waals surface area contributed by atoms with Crippen LogP contribution in [0.1, 0.15) is 12.5 Å². The van der Waals surface area contributed by atoms with Gasteiger partial charge in [0.2, 0.25) is 5.91 Å². The lowest BCUT2D eigenvalue weighted by atomic mass is 9.75. The molecular weight excluding hydrogens is 414 g/mol. The van der Waals surface area contributed by atoms with Crippen molar-refractivity contribution in [2.24, 2.45) is 0 Å². The molecule has 0 atom stereocenters. The standard InChI is InChI=1S/C21H17Cl2FN4O/c1-3-17(29)28-9-21(2,10-28)12-4-6-15-13(8-12)20(26-11-25-15)27-16-7-5-14(22)18(23)19(16)24/h3-8,11H,1,9-10H2,2H3,(H,25,26,27). The molecule has 1 aromatic heterocycles. The molecule has 1 amide bonds. The molecule has 1 aliphatic rings. The maximum Gasteiger partial charge on any atom is 0.246 e. The fourth-order valence-electron chi connectivity index (χ4n) is 3.55. The van der Waals surface area contributed by atoms with E-state index in [1.54, 1.807) is 4.90 Å². The van der Waals surface area contributed by atoms with E-state index in [2.05, 4.69) is 28.8 Å². The van der Waals surface area contributed by atoms with Gasteiger partial charge in [-0.25, -0.2) is 14.4 Å². The highest BCUT2D eigenvalue weighted by Gasteiger charge is 2.41. The van der Waals surface area contributed by atoms with Crippen LogP contribution in [0, 0.1) is 5.82 Å². The summed E-state index contributed by atoms with van der Waals surface area (Å²) in [6.07, 6.45) is 2.73. The van der Waals surface area contributed by atoms with Gasteiger partial charge in [-0.05, 0) is 35.9 Å². The zero-order chi connectivity index (χ0) is 20.8. The summed E-state index contributed by atoms with van der Waals surface area (Å²) in [5, 5.41) is 3.72. The van der Waals surface area contributed by atoms with E-state index >= 15 is 0 Å². The highest BCUT2D eigenvalue weighted by atomic mass is 35.5. The minimum atomic E-state index is -0.647. The molecule has 0 radical (unpaired) electrons. The van der Waals surface area contributed by atoms with E-state index < -0.39 is 5.82 Å². The van der Waals surface area contributed by atoms with Crippen molar-refractivity contribution in [2.45, 2.75) is 12.3 Å². The number of amides is 1. The number of nitrogens with one attached hydrogen (secondary N) is 1. The summed E-state index contributed by atoms with van der Waals surface area (Å²) >= 11 is 11.8. The Morgan fingerprint density at radius 1 is 1.28 bits per heavy atom. The van der Waals surface area contributed by atoms with Crippen molar-refractivity contribution >= 4 is 51.5 Å². The Balaban J connectivity index is 1.70. The van der Waals surface area contributed by atoms with Gasteiger partial charge in [0.25, 0.3) is 0 Å². The number of hydrogen-bond acceptors (Lipinski definition) is 4. The zero-order valence-corrected chi connectivity index (χ0v) is 17.1. The topological polar surface area (TPSA) is 58.1 Å². The summed E-state index contributed by atoms with van der Waals surface area (Å²) in [4.78, 5) is 22.1. The van der Waals surface area contributed by atoms with Crippen LogP contribution in [0.15, 0.2) is 49.3 Å². The second-order valence-corrected chi connectivity index (χ2v) is 8.05. The number of hydrogen-bond donors (Lipinski definition) is 1. The number of fused-ring (bicyclic) bond motifs is 1. The molecule has 1 saturated heterocycles. The van der Waals surface area contributed by atoms with E-state index in [4.69, 9.17) is 23.2 Å². The summed E-state index contributed by atoms with van der Waals surface area (Å²) in [6, 6.07) is 8.89. The van der Waals surface area contributed by atoms with Crippen LogP contribution in [0.3, 0.4) is 0 Å². The fraction of sp³-hybridized carbons (Fsp3) is 0.190. The van der Waals surface area contributed by atoms with E-state index in [1.165, 1.54) is 24.5 Å². The molecule has 1 N–H and O–H groups in total. The first-order chi connectivity index (χ1) is 13.8. The lowest BCUT2D eigenvalue weighted by Crippen LogP contribution is -2.59. The van der Waals surface area contributed by atoms with Crippen LogP contribution in [-0.2, 0) is 10.2 Å². The first-order valence-electron chi connectivity index (χ1n) is 8.89. The first kappa shape index (κ1) is 19.6. The number of aromatic nitrogens is 2. The second-order valence-electron chi connectivity index (χ2n) is 7.26. The number of anilines is 2. The van der Waals surface area contributed by atoms with Gasteiger partial charge in [-0.2, -0.15) is 0 Å². The fourth-order valence-corrected chi connectivity index (χ4v) is 3.86. The van der Waals surface area contributed by atoms with Crippen LogP contribution < -0.4 is 5.32 Å². The first-order valence-corrected chi connectivity index (χ1v) is 9.65. The van der Waals surface area contributed by atoms with Crippen molar-refractivity contribution in [3.8, 4) is 0 Å². The number of halogens is 3. The van der Waals surface area contributed by atoms with Crippen LogP contribution >= 0.6 is 23.2 Å². The molecule has 1 aliphatic heterocycles. The Hall–Kier alpha value is -2.70. The maximum atomic E-state index is 14.5. The van der Waals surface area contributed by atoms with Crippen LogP contribution in [0.2, 0.25) is 10.0 Å². The SMILES string of the molecule is C=CC(=O)N1CC(C)(c2ccc3ncnc(Nc4ccc(Cl)c(Cl)c4F)c3c2)C1. The Morgan fingerprint density at radius 2 is 2.03 bits per heavy atom. The van der Waals surface area contributed by atoms with Crippen molar-refractivity contribution in [3.05, 3.63) is 70.7 Å². The predicted octanol–water partition coefficient (Wildman–Crippen LogP) is 5.11. The Bertz CT molecular complexity index is 1140. The van der Waals surface area contributed by atoms with Gasteiger partial charge >= 0.3 is 0 Å². The van der Waals surface area contributed by atoms with Crippen molar-refractivity contribution < 1.29 is 9.18 Å². The lowest BCUT2D eigenvalue weighted by Gasteiger charge is -2.48.